The molecular weight excluding hydrogens is 402 g/mol. The predicted octanol–water partition coefficient (Wildman–Crippen LogP) is -1.60. The number of nitrogens with two attached hydrogens (primary N) is 2. The molecule has 0 radical (unpaired) electrons. The summed E-state index contributed by atoms with van der Waals surface area (Å²) in [5, 5.41) is 24.0. The Morgan fingerprint density at radius 3 is 2.97 bits per heavy atom. The molecule has 3 rings (SSSR count). The van der Waals surface area contributed by atoms with Crippen LogP contribution in [0.15, 0.2) is 12.7 Å². The number of fused-ring (bicyclic) bond motifs is 1. The molecule has 0 amide bonds. The van der Waals surface area contributed by atoms with Crippen LogP contribution in [0.25, 0.3) is 11.2 Å². The molecule has 1 aliphatic heterocycles. The molecule has 3 heterocycles. The van der Waals surface area contributed by atoms with Crippen LogP contribution in [0.1, 0.15) is 12.6 Å². The van der Waals surface area contributed by atoms with E-state index in [0.717, 1.165) is 0 Å². The second-order valence-corrected chi connectivity index (χ2v) is 7.59. The van der Waals surface area contributed by atoms with Crippen LogP contribution in [0.3, 0.4) is 0 Å². The van der Waals surface area contributed by atoms with Crippen molar-refractivity contribution in [3.63, 3.8) is 0 Å². The number of ether oxygens (including phenoxy) is 2. The summed E-state index contributed by atoms with van der Waals surface area (Å²) < 4.78 is 12.1. The number of hydrogen-bond acceptors (Lipinski definition) is 12. The minimum absolute atomic E-state index is 0.316. The Kier molecular flexibility index (Phi) is 7.57. The van der Waals surface area contributed by atoms with Gasteiger partial charge in [0, 0.05) is 25.3 Å². The molecule has 0 saturated carbocycles. The lowest BCUT2D eigenvalue weighted by Crippen LogP contribution is -2.32. The van der Waals surface area contributed by atoms with Crippen molar-refractivity contribution < 1.29 is 24.5 Å². The van der Waals surface area contributed by atoms with Crippen molar-refractivity contribution in [1.29, 1.82) is 0 Å². The highest BCUT2D eigenvalue weighted by Crippen LogP contribution is 2.33. The minimum atomic E-state index is -1.14. The maximum atomic E-state index is 10.5. The first-order valence-corrected chi connectivity index (χ1v) is 10.3. The third-order valence-corrected chi connectivity index (χ3v) is 5.55. The van der Waals surface area contributed by atoms with Gasteiger partial charge in [-0.1, -0.05) is 0 Å². The molecule has 0 aromatic carbocycles. The monoisotopic (exact) mass is 427 g/mol. The van der Waals surface area contributed by atoms with Gasteiger partial charge in [0.15, 0.2) is 29.4 Å². The fraction of sp³-hybridized carbons (Fsp3) is 0.625. The van der Waals surface area contributed by atoms with Crippen LogP contribution in [-0.2, 0) is 14.3 Å². The van der Waals surface area contributed by atoms with E-state index < -0.39 is 30.8 Å². The molecule has 1 fully saturated rings. The van der Waals surface area contributed by atoms with E-state index >= 15 is 0 Å². The lowest BCUT2D eigenvalue weighted by molar-refractivity contribution is -0.133. The standard InChI is InChI=1S/C16H25N7O5S/c17-2-3-19-14-11-15(21-6-20-14)23(7-22-11)16-13(26)12(25)9(28-16)5-29-4-1-10(18)27-8-24/h6-10,12-13,16,25-26H,1-5,17-18H2,(H,19,20,21)/t9-,10-,12?,13+,16-/m1/s1. The summed E-state index contributed by atoms with van der Waals surface area (Å²) >= 11 is 1.48. The molecule has 12 nitrogen and oxygen atoms in total. The average molecular weight is 427 g/mol. The maximum absolute atomic E-state index is 10.5. The van der Waals surface area contributed by atoms with Gasteiger partial charge in [-0.15, -0.1) is 0 Å². The zero-order chi connectivity index (χ0) is 20.8. The van der Waals surface area contributed by atoms with Gasteiger partial charge in [-0.25, -0.2) is 15.0 Å². The Hall–Kier alpha value is -2.03. The zero-order valence-electron chi connectivity index (χ0n) is 15.6. The number of aromatic nitrogens is 4. The fourth-order valence-electron chi connectivity index (χ4n) is 2.99. The van der Waals surface area contributed by atoms with Gasteiger partial charge >= 0.3 is 0 Å². The van der Waals surface area contributed by atoms with Crippen LogP contribution in [0.2, 0.25) is 0 Å². The first kappa shape index (κ1) is 21.7. The van der Waals surface area contributed by atoms with Crippen molar-refractivity contribution in [2.75, 3.05) is 29.9 Å². The summed E-state index contributed by atoms with van der Waals surface area (Å²) in [5.41, 5.74) is 12.1. The zero-order valence-corrected chi connectivity index (χ0v) is 16.4. The number of imidazole rings is 1. The Morgan fingerprint density at radius 1 is 1.38 bits per heavy atom. The number of nitrogens with zero attached hydrogens (tertiary/aromatic N) is 4. The number of nitrogens with one attached hydrogen (secondary N) is 1. The van der Waals surface area contributed by atoms with Crippen molar-refractivity contribution in [1.82, 2.24) is 19.5 Å². The van der Waals surface area contributed by atoms with Gasteiger partial charge in [0.05, 0.1) is 12.4 Å². The summed E-state index contributed by atoms with van der Waals surface area (Å²) in [7, 11) is 0. The van der Waals surface area contributed by atoms with Crippen LogP contribution in [-0.4, -0.2) is 85.3 Å². The number of aliphatic hydroxyl groups excluding tert-OH is 2. The topological polar surface area (TPSA) is 184 Å². The average Bonchev–Trinajstić information content (AvgIpc) is 3.26. The van der Waals surface area contributed by atoms with Crippen molar-refractivity contribution in [2.24, 2.45) is 11.5 Å². The largest absolute Gasteiger partial charge is 0.449 e. The molecule has 0 spiro atoms. The number of hydrogen-bond donors (Lipinski definition) is 5. The van der Waals surface area contributed by atoms with Gasteiger partial charge < -0.3 is 30.7 Å². The Labute approximate surface area is 171 Å². The minimum Gasteiger partial charge on any atom is -0.449 e. The second kappa shape index (κ2) is 10.1. The summed E-state index contributed by atoms with van der Waals surface area (Å²) in [5.74, 6) is 1.58. The van der Waals surface area contributed by atoms with Gasteiger partial charge in [0.2, 0.25) is 0 Å². The van der Waals surface area contributed by atoms with E-state index in [2.05, 4.69) is 25.0 Å². The van der Waals surface area contributed by atoms with Gasteiger partial charge in [-0.3, -0.25) is 15.1 Å². The van der Waals surface area contributed by atoms with Crippen LogP contribution >= 0.6 is 11.8 Å². The number of anilines is 1. The fourth-order valence-corrected chi connectivity index (χ4v) is 4.07. The first-order valence-electron chi connectivity index (χ1n) is 9.12. The van der Waals surface area contributed by atoms with E-state index in [1.165, 1.54) is 24.4 Å². The molecule has 160 valence electrons. The summed E-state index contributed by atoms with van der Waals surface area (Å²) in [6.45, 7) is 1.28. The smallest absolute Gasteiger partial charge is 0.294 e. The van der Waals surface area contributed by atoms with Crippen LogP contribution in [0.4, 0.5) is 5.82 Å². The van der Waals surface area contributed by atoms with E-state index in [1.54, 1.807) is 4.57 Å². The number of carbonyl (C=O) groups excluding carboxylic acids is 1. The lowest BCUT2D eigenvalue weighted by atomic mass is 10.1. The number of rotatable bonds is 11. The summed E-state index contributed by atoms with van der Waals surface area (Å²) in [6, 6.07) is 0. The highest BCUT2D eigenvalue weighted by Gasteiger charge is 2.44. The molecule has 1 saturated heterocycles. The van der Waals surface area contributed by atoms with E-state index in [4.69, 9.17) is 16.2 Å². The molecule has 13 heteroatoms. The van der Waals surface area contributed by atoms with Crippen LogP contribution in [0, 0.1) is 0 Å². The van der Waals surface area contributed by atoms with Crippen molar-refractivity contribution in [2.45, 2.75) is 37.2 Å². The van der Waals surface area contributed by atoms with Gasteiger partial charge in [0.25, 0.3) is 6.47 Å². The van der Waals surface area contributed by atoms with Crippen molar-refractivity contribution >= 4 is 35.2 Å². The summed E-state index contributed by atoms with van der Waals surface area (Å²) in [6.07, 6.45) is -0.938. The Morgan fingerprint density at radius 2 is 2.21 bits per heavy atom. The van der Waals surface area contributed by atoms with Gasteiger partial charge in [-0.05, 0) is 5.75 Å². The molecule has 7 N–H and O–H groups in total. The normalized spacial score (nSPS) is 25.2. The third kappa shape index (κ3) is 4.94. The molecule has 2 aromatic rings. The molecule has 5 atom stereocenters. The maximum Gasteiger partial charge on any atom is 0.294 e. The second-order valence-electron chi connectivity index (χ2n) is 6.44. The SMILES string of the molecule is NCCNc1ncnc2c1ncn2[C@@H]1O[C@H](CSCC[C@H](N)OC=O)C(O)[C@@H]1O. The molecular formula is C16H25N7O5S. The number of thioether (sulfide) groups is 1. The van der Waals surface area contributed by atoms with E-state index in [-0.39, 0.29) is 0 Å². The van der Waals surface area contributed by atoms with E-state index in [1.807, 2.05) is 0 Å². The van der Waals surface area contributed by atoms with Crippen LogP contribution in [0.5, 0.6) is 0 Å². The quantitative estimate of drug-likeness (QED) is 0.157. The van der Waals surface area contributed by atoms with Gasteiger partial charge in [-0.2, -0.15) is 11.8 Å². The van der Waals surface area contributed by atoms with Gasteiger partial charge in [0.1, 0.15) is 18.5 Å². The van der Waals surface area contributed by atoms with Crippen molar-refractivity contribution in [3.05, 3.63) is 12.7 Å². The lowest BCUT2D eigenvalue weighted by Gasteiger charge is -2.16. The predicted molar refractivity (Wildman–Crippen MR) is 106 cm³/mol. The van der Waals surface area contributed by atoms with Crippen molar-refractivity contribution in [3.8, 4) is 0 Å². The molecule has 1 unspecified atom stereocenters. The highest BCUT2D eigenvalue weighted by molar-refractivity contribution is 7.99. The molecule has 0 bridgehead atoms. The molecule has 2 aromatic heterocycles. The first-order chi connectivity index (χ1) is 14.1. The third-order valence-electron chi connectivity index (χ3n) is 4.47. The summed E-state index contributed by atoms with van der Waals surface area (Å²) in [4.78, 5) is 22.9. The van der Waals surface area contributed by atoms with E-state index in [9.17, 15) is 15.0 Å². The number of carbonyl (C=O) groups is 1. The van der Waals surface area contributed by atoms with E-state index in [0.29, 0.717) is 54.5 Å². The molecule has 0 aliphatic carbocycles. The Bertz CT molecular complexity index is 809. The highest BCUT2D eigenvalue weighted by atomic mass is 32.2. The number of aliphatic hydroxyl groups is 2. The van der Waals surface area contributed by atoms with Crippen LogP contribution < -0.4 is 16.8 Å². The Balaban J connectivity index is 1.65. The molecule has 1 aliphatic rings. The molecule has 29 heavy (non-hydrogen) atoms.